The zero-order valence-corrected chi connectivity index (χ0v) is 12.0. The number of rotatable bonds is 2. The van der Waals surface area contributed by atoms with E-state index in [-0.39, 0.29) is 17.1 Å². The number of nitrogens with two attached hydrogens (primary N) is 1. The van der Waals surface area contributed by atoms with Gasteiger partial charge < -0.3 is 10.6 Å². The molecule has 0 fully saturated rings. The molecule has 112 valence electrons. The summed E-state index contributed by atoms with van der Waals surface area (Å²) in [5.74, 6) is -0.599. The van der Waals surface area contributed by atoms with Crippen LogP contribution in [0.5, 0.6) is 0 Å². The molecule has 0 spiro atoms. The molecule has 1 aromatic carbocycles. The summed E-state index contributed by atoms with van der Waals surface area (Å²) in [5.41, 5.74) is 4.93. The van der Waals surface area contributed by atoms with Gasteiger partial charge in [0, 0.05) is 19.7 Å². The lowest BCUT2D eigenvalue weighted by Gasteiger charge is -2.19. The van der Waals surface area contributed by atoms with Crippen LogP contribution in [0, 0.1) is 11.3 Å². The van der Waals surface area contributed by atoms with Gasteiger partial charge in [-0.05, 0) is 24.3 Å². The van der Waals surface area contributed by atoms with Gasteiger partial charge in [-0.2, -0.15) is 5.26 Å². The number of aromatic nitrogens is 2. The molecule has 1 amide bonds. The minimum atomic E-state index is -0.745. The van der Waals surface area contributed by atoms with Gasteiger partial charge in [-0.25, -0.2) is 4.79 Å². The van der Waals surface area contributed by atoms with Crippen LogP contribution < -0.4 is 21.9 Å². The van der Waals surface area contributed by atoms with E-state index < -0.39 is 17.2 Å². The molecule has 1 heterocycles. The lowest BCUT2D eigenvalue weighted by Crippen LogP contribution is -2.38. The normalized spacial score (nSPS) is 10.0. The van der Waals surface area contributed by atoms with Gasteiger partial charge in [0.25, 0.3) is 11.5 Å². The molecule has 22 heavy (non-hydrogen) atoms. The summed E-state index contributed by atoms with van der Waals surface area (Å²) in [6.45, 7) is 0. The van der Waals surface area contributed by atoms with Crippen LogP contribution in [-0.2, 0) is 7.05 Å². The highest BCUT2D eigenvalue weighted by Gasteiger charge is 2.21. The molecule has 0 atom stereocenters. The number of carbonyl (C=O) groups is 1. The highest BCUT2D eigenvalue weighted by Crippen LogP contribution is 2.17. The third-order valence-corrected chi connectivity index (χ3v) is 3.25. The molecule has 0 aliphatic carbocycles. The van der Waals surface area contributed by atoms with Gasteiger partial charge in [-0.15, -0.1) is 0 Å². The number of benzene rings is 1. The van der Waals surface area contributed by atoms with Crippen LogP contribution in [0.3, 0.4) is 0 Å². The standard InChI is InChI=1S/C14H13N5O3/c1-18(10-11(16)19(2)14(22)17-12(10)20)13(21)9-5-3-8(7-15)4-6-9/h3-6H,16H2,1-2H3,(H,17,20,22). The minimum Gasteiger partial charge on any atom is -0.383 e. The fourth-order valence-electron chi connectivity index (χ4n) is 1.93. The first-order valence-corrected chi connectivity index (χ1v) is 6.23. The lowest BCUT2D eigenvalue weighted by atomic mass is 10.1. The van der Waals surface area contributed by atoms with Gasteiger partial charge in [-0.1, -0.05) is 0 Å². The molecule has 0 radical (unpaired) electrons. The van der Waals surface area contributed by atoms with E-state index in [0.29, 0.717) is 5.56 Å². The zero-order chi connectivity index (χ0) is 16.4. The number of amides is 1. The quantitative estimate of drug-likeness (QED) is 0.794. The van der Waals surface area contributed by atoms with Crippen LogP contribution in [0.25, 0.3) is 0 Å². The molecule has 2 aromatic rings. The summed E-state index contributed by atoms with van der Waals surface area (Å²) in [4.78, 5) is 38.9. The maximum atomic E-state index is 12.4. The summed E-state index contributed by atoms with van der Waals surface area (Å²) >= 11 is 0. The van der Waals surface area contributed by atoms with Crippen molar-refractivity contribution < 1.29 is 4.79 Å². The van der Waals surface area contributed by atoms with Gasteiger partial charge in [0.15, 0.2) is 5.69 Å². The Labute approximate surface area is 125 Å². The molecule has 8 nitrogen and oxygen atoms in total. The third kappa shape index (κ3) is 2.47. The summed E-state index contributed by atoms with van der Waals surface area (Å²) in [6.07, 6.45) is 0. The number of nitriles is 1. The van der Waals surface area contributed by atoms with Crippen molar-refractivity contribution in [2.45, 2.75) is 0 Å². The Balaban J connectivity index is 2.48. The summed E-state index contributed by atoms with van der Waals surface area (Å²) in [5, 5.41) is 8.74. The van der Waals surface area contributed by atoms with Crippen molar-refractivity contribution in [3.63, 3.8) is 0 Å². The average Bonchev–Trinajstić information content (AvgIpc) is 2.52. The van der Waals surface area contributed by atoms with Crippen LogP contribution in [0.4, 0.5) is 11.5 Å². The number of nitrogen functional groups attached to an aromatic ring is 1. The Hall–Kier alpha value is -3.34. The predicted octanol–water partition coefficient (Wildman–Crippen LogP) is -0.196. The molecule has 1 aromatic heterocycles. The molecule has 3 N–H and O–H groups in total. The summed E-state index contributed by atoms with van der Waals surface area (Å²) < 4.78 is 1.04. The van der Waals surface area contributed by atoms with Gasteiger partial charge >= 0.3 is 5.69 Å². The smallest absolute Gasteiger partial charge is 0.329 e. The average molecular weight is 299 g/mol. The molecular formula is C14H13N5O3. The maximum absolute atomic E-state index is 12.4. The van der Waals surface area contributed by atoms with E-state index in [0.717, 1.165) is 9.47 Å². The van der Waals surface area contributed by atoms with Gasteiger partial charge in [0.05, 0.1) is 11.6 Å². The highest BCUT2D eigenvalue weighted by atomic mass is 16.2. The third-order valence-electron chi connectivity index (χ3n) is 3.25. The van der Waals surface area contributed by atoms with Crippen molar-refractivity contribution in [1.29, 1.82) is 5.26 Å². The van der Waals surface area contributed by atoms with Crippen LogP contribution in [0.15, 0.2) is 33.9 Å². The van der Waals surface area contributed by atoms with Crippen LogP contribution >= 0.6 is 0 Å². The van der Waals surface area contributed by atoms with Crippen LogP contribution in [0.2, 0.25) is 0 Å². The van der Waals surface area contributed by atoms with E-state index >= 15 is 0 Å². The Bertz CT molecular complexity index is 887. The number of nitrogens with zero attached hydrogens (tertiary/aromatic N) is 3. The minimum absolute atomic E-state index is 0.113. The van der Waals surface area contributed by atoms with E-state index in [4.69, 9.17) is 11.0 Å². The molecule has 0 aliphatic rings. The van der Waals surface area contributed by atoms with E-state index in [1.54, 1.807) is 0 Å². The fourth-order valence-corrected chi connectivity index (χ4v) is 1.93. The largest absolute Gasteiger partial charge is 0.383 e. The molecule has 0 saturated carbocycles. The van der Waals surface area contributed by atoms with Crippen molar-refractivity contribution in [1.82, 2.24) is 9.55 Å². The number of hydrogen-bond acceptors (Lipinski definition) is 5. The summed E-state index contributed by atoms with van der Waals surface area (Å²) in [7, 11) is 2.77. The number of hydrogen-bond donors (Lipinski definition) is 2. The number of anilines is 2. The topological polar surface area (TPSA) is 125 Å². The van der Waals surface area contributed by atoms with E-state index in [1.165, 1.54) is 38.4 Å². The van der Waals surface area contributed by atoms with Crippen molar-refractivity contribution >= 4 is 17.4 Å². The second-order valence-corrected chi connectivity index (χ2v) is 4.61. The Kier molecular flexibility index (Phi) is 3.81. The van der Waals surface area contributed by atoms with Gasteiger partial charge in [0.2, 0.25) is 0 Å². The zero-order valence-electron chi connectivity index (χ0n) is 12.0. The van der Waals surface area contributed by atoms with Crippen molar-refractivity contribution in [3.05, 3.63) is 56.2 Å². The number of carbonyl (C=O) groups excluding carboxylic acids is 1. The lowest BCUT2D eigenvalue weighted by molar-refractivity contribution is 0.0992. The second-order valence-electron chi connectivity index (χ2n) is 4.61. The second kappa shape index (κ2) is 5.57. The van der Waals surface area contributed by atoms with Crippen molar-refractivity contribution in [2.75, 3.05) is 17.7 Å². The summed E-state index contributed by atoms with van der Waals surface area (Å²) in [6, 6.07) is 7.89. The van der Waals surface area contributed by atoms with Gasteiger partial charge in [-0.3, -0.25) is 19.1 Å². The molecule has 2 rings (SSSR count). The number of aromatic amines is 1. The monoisotopic (exact) mass is 299 g/mol. The Morgan fingerprint density at radius 1 is 1.32 bits per heavy atom. The molecule has 0 bridgehead atoms. The van der Waals surface area contributed by atoms with Gasteiger partial charge in [0.1, 0.15) is 5.82 Å². The van der Waals surface area contributed by atoms with Crippen LogP contribution in [0.1, 0.15) is 15.9 Å². The fraction of sp³-hybridized carbons (Fsp3) is 0.143. The molecular weight excluding hydrogens is 286 g/mol. The SMILES string of the molecule is CN(C(=O)c1ccc(C#N)cc1)c1c(N)n(C)c(=O)[nH]c1=O. The molecule has 0 unspecified atom stereocenters. The van der Waals surface area contributed by atoms with E-state index in [9.17, 15) is 14.4 Å². The highest BCUT2D eigenvalue weighted by molar-refractivity contribution is 6.06. The molecule has 0 aliphatic heterocycles. The Morgan fingerprint density at radius 3 is 2.45 bits per heavy atom. The Morgan fingerprint density at radius 2 is 1.91 bits per heavy atom. The first-order valence-electron chi connectivity index (χ1n) is 6.23. The van der Waals surface area contributed by atoms with Crippen molar-refractivity contribution in [3.8, 4) is 6.07 Å². The molecule has 8 heteroatoms. The number of nitrogens with one attached hydrogen (secondary N) is 1. The first-order chi connectivity index (χ1) is 10.4. The first kappa shape index (κ1) is 15.1. The number of H-pyrrole nitrogens is 1. The van der Waals surface area contributed by atoms with E-state index in [1.807, 2.05) is 6.07 Å². The van der Waals surface area contributed by atoms with Crippen LogP contribution in [-0.4, -0.2) is 22.5 Å². The predicted molar refractivity (Wildman–Crippen MR) is 80.6 cm³/mol. The van der Waals surface area contributed by atoms with Crippen molar-refractivity contribution in [2.24, 2.45) is 7.05 Å². The van der Waals surface area contributed by atoms with E-state index in [2.05, 4.69) is 4.98 Å². The molecule has 0 saturated heterocycles. The maximum Gasteiger partial charge on any atom is 0.329 e.